The first-order valence-electron chi connectivity index (χ1n) is 8.34. The smallest absolute Gasteiger partial charge is 0.257 e. The number of piperidine rings is 1. The molecule has 23 heavy (non-hydrogen) atoms. The molecule has 1 unspecified atom stereocenters. The lowest BCUT2D eigenvalue weighted by atomic mass is 9.78. The number of carbonyl (C=O) groups excluding carboxylic acids is 1. The first-order valence-corrected chi connectivity index (χ1v) is 8.34. The fourth-order valence-corrected chi connectivity index (χ4v) is 3.25. The summed E-state index contributed by atoms with van der Waals surface area (Å²) in [6.07, 6.45) is 7.39. The summed E-state index contributed by atoms with van der Waals surface area (Å²) in [7, 11) is 1.66. The largest absolute Gasteiger partial charge is 0.396 e. The van der Waals surface area contributed by atoms with Crippen LogP contribution in [0.3, 0.4) is 0 Å². The number of amides is 1. The summed E-state index contributed by atoms with van der Waals surface area (Å²) in [5.74, 6) is -0.0241. The van der Waals surface area contributed by atoms with Crippen LogP contribution in [0.4, 0.5) is 0 Å². The second kappa shape index (κ2) is 8.36. The Kier molecular flexibility index (Phi) is 6.47. The molecule has 1 fully saturated rings. The van der Waals surface area contributed by atoms with Gasteiger partial charge in [-0.15, -0.1) is 0 Å². The molecule has 1 aliphatic heterocycles. The van der Waals surface area contributed by atoms with E-state index < -0.39 is 0 Å². The minimum atomic E-state index is -0.259. The first-order chi connectivity index (χ1) is 11.2. The van der Waals surface area contributed by atoms with Gasteiger partial charge in [-0.3, -0.25) is 4.79 Å². The Hall–Kier alpha value is -1.53. The molecular weight excluding hydrogens is 294 g/mol. The van der Waals surface area contributed by atoms with E-state index in [2.05, 4.69) is 16.9 Å². The number of ether oxygens (including phenoxy) is 1. The number of hydrogen-bond acceptors (Lipinski definition) is 5. The Bertz CT molecular complexity index is 524. The van der Waals surface area contributed by atoms with E-state index in [4.69, 9.17) is 4.74 Å². The number of rotatable bonds is 7. The van der Waals surface area contributed by atoms with Crippen molar-refractivity contribution in [3.8, 4) is 0 Å². The topological polar surface area (TPSA) is 75.6 Å². The fraction of sp³-hybridized carbons (Fsp3) is 0.706. The Morgan fingerprint density at radius 3 is 3.04 bits per heavy atom. The molecule has 1 aromatic rings. The molecule has 0 radical (unpaired) electrons. The van der Waals surface area contributed by atoms with Gasteiger partial charge in [-0.25, -0.2) is 9.97 Å². The third-order valence-electron chi connectivity index (χ3n) is 4.63. The molecule has 0 saturated carbocycles. The van der Waals surface area contributed by atoms with Crippen LogP contribution in [0.2, 0.25) is 0 Å². The van der Waals surface area contributed by atoms with Crippen molar-refractivity contribution in [1.82, 2.24) is 14.9 Å². The summed E-state index contributed by atoms with van der Waals surface area (Å²) in [6, 6.07) is 0. The van der Waals surface area contributed by atoms with Crippen LogP contribution in [0.5, 0.6) is 0 Å². The molecule has 128 valence electrons. The Morgan fingerprint density at radius 2 is 2.35 bits per heavy atom. The number of methoxy groups -OCH3 is 1. The predicted molar refractivity (Wildman–Crippen MR) is 87.2 cm³/mol. The van der Waals surface area contributed by atoms with Crippen LogP contribution in [0, 0.1) is 5.41 Å². The lowest BCUT2D eigenvalue weighted by Gasteiger charge is -2.42. The SMILES string of the molecule is CCCc1ncncc1C(=O)N1CCCC(CO)(CCOC)C1. The average molecular weight is 321 g/mol. The van der Waals surface area contributed by atoms with Crippen molar-refractivity contribution >= 4 is 5.91 Å². The maximum absolute atomic E-state index is 12.9. The molecule has 6 nitrogen and oxygen atoms in total. The summed E-state index contributed by atoms with van der Waals surface area (Å²) >= 11 is 0. The molecule has 2 rings (SSSR count). The van der Waals surface area contributed by atoms with E-state index in [1.54, 1.807) is 13.3 Å². The second-order valence-electron chi connectivity index (χ2n) is 6.36. The Morgan fingerprint density at radius 1 is 1.52 bits per heavy atom. The van der Waals surface area contributed by atoms with E-state index in [1.807, 2.05) is 4.90 Å². The van der Waals surface area contributed by atoms with Gasteiger partial charge in [0.25, 0.3) is 5.91 Å². The lowest BCUT2D eigenvalue weighted by Crippen LogP contribution is -2.48. The van der Waals surface area contributed by atoms with Gasteiger partial charge in [-0.2, -0.15) is 0 Å². The van der Waals surface area contributed by atoms with Gasteiger partial charge in [0.15, 0.2) is 0 Å². The molecule has 1 atom stereocenters. The van der Waals surface area contributed by atoms with E-state index in [0.29, 0.717) is 25.3 Å². The summed E-state index contributed by atoms with van der Waals surface area (Å²) in [6.45, 7) is 4.02. The van der Waals surface area contributed by atoms with Crippen molar-refractivity contribution < 1.29 is 14.6 Å². The number of aliphatic hydroxyl groups excluding tert-OH is 1. The van der Waals surface area contributed by atoms with Gasteiger partial charge in [0.2, 0.25) is 0 Å². The molecule has 1 aromatic heterocycles. The minimum absolute atomic E-state index is 0.0241. The molecule has 1 amide bonds. The van der Waals surface area contributed by atoms with Gasteiger partial charge in [-0.05, 0) is 25.7 Å². The van der Waals surface area contributed by atoms with Crippen molar-refractivity contribution in [3.05, 3.63) is 23.8 Å². The van der Waals surface area contributed by atoms with E-state index in [9.17, 15) is 9.90 Å². The van der Waals surface area contributed by atoms with Gasteiger partial charge >= 0.3 is 0 Å². The van der Waals surface area contributed by atoms with Gasteiger partial charge in [0.05, 0.1) is 17.9 Å². The van der Waals surface area contributed by atoms with Gasteiger partial charge in [0, 0.05) is 38.4 Å². The summed E-state index contributed by atoms with van der Waals surface area (Å²) in [4.78, 5) is 23.0. The normalized spacial score (nSPS) is 21.4. The quantitative estimate of drug-likeness (QED) is 0.827. The zero-order valence-corrected chi connectivity index (χ0v) is 14.1. The molecule has 0 aromatic carbocycles. The number of carbonyl (C=O) groups is 1. The third-order valence-corrected chi connectivity index (χ3v) is 4.63. The minimum Gasteiger partial charge on any atom is -0.396 e. The van der Waals surface area contributed by atoms with Crippen LogP contribution in [-0.4, -0.2) is 59.3 Å². The van der Waals surface area contributed by atoms with E-state index >= 15 is 0 Å². The molecule has 0 spiro atoms. The monoisotopic (exact) mass is 321 g/mol. The van der Waals surface area contributed by atoms with Crippen molar-refractivity contribution in [3.63, 3.8) is 0 Å². The zero-order valence-electron chi connectivity index (χ0n) is 14.1. The van der Waals surface area contributed by atoms with E-state index in [1.165, 1.54) is 6.33 Å². The van der Waals surface area contributed by atoms with Crippen molar-refractivity contribution in [2.45, 2.75) is 39.0 Å². The second-order valence-corrected chi connectivity index (χ2v) is 6.36. The highest BCUT2D eigenvalue weighted by molar-refractivity contribution is 5.95. The van der Waals surface area contributed by atoms with Gasteiger partial charge < -0.3 is 14.7 Å². The van der Waals surface area contributed by atoms with Crippen LogP contribution in [0.1, 0.15) is 48.7 Å². The molecule has 6 heteroatoms. The highest BCUT2D eigenvalue weighted by Crippen LogP contribution is 2.33. The summed E-state index contributed by atoms with van der Waals surface area (Å²) in [5, 5.41) is 9.86. The van der Waals surface area contributed by atoms with Crippen LogP contribution < -0.4 is 0 Å². The first kappa shape index (κ1) is 17.8. The highest BCUT2D eigenvalue weighted by Gasteiger charge is 2.37. The van der Waals surface area contributed by atoms with Crippen LogP contribution in [0.25, 0.3) is 0 Å². The van der Waals surface area contributed by atoms with E-state index in [0.717, 1.165) is 37.8 Å². The molecule has 1 saturated heterocycles. The number of nitrogens with zero attached hydrogens (tertiary/aromatic N) is 3. The standard InChI is InChI=1S/C17H27N3O3/c1-3-5-15-14(10-18-13-19-15)16(22)20-8-4-6-17(11-20,12-21)7-9-23-2/h10,13,21H,3-9,11-12H2,1-2H3. The maximum atomic E-state index is 12.9. The summed E-state index contributed by atoms with van der Waals surface area (Å²) < 4.78 is 5.17. The molecule has 1 N–H and O–H groups in total. The van der Waals surface area contributed by atoms with Crippen LogP contribution in [-0.2, 0) is 11.2 Å². The van der Waals surface area contributed by atoms with Crippen molar-refractivity contribution in [1.29, 1.82) is 0 Å². The number of aryl methyl sites for hydroxylation is 1. The highest BCUT2D eigenvalue weighted by atomic mass is 16.5. The van der Waals surface area contributed by atoms with Crippen molar-refractivity contribution in [2.24, 2.45) is 5.41 Å². The number of aromatic nitrogens is 2. The van der Waals surface area contributed by atoms with Crippen LogP contribution in [0.15, 0.2) is 12.5 Å². The maximum Gasteiger partial charge on any atom is 0.257 e. The molecule has 0 aliphatic carbocycles. The summed E-state index contributed by atoms with van der Waals surface area (Å²) in [5.41, 5.74) is 1.14. The lowest BCUT2D eigenvalue weighted by molar-refractivity contribution is 0.00889. The Balaban J connectivity index is 2.16. The number of likely N-dealkylation sites (tertiary alicyclic amines) is 1. The fourth-order valence-electron chi connectivity index (χ4n) is 3.25. The van der Waals surface area contributed by atoms with Gasteiger partial charge in [0.1, 0.15) is 6.33 Å². The molecular formula is C17H27N3O3. The number of hydrogen-bond donors (Lipinski definition) is 1. The zero-order chi connectivity index (χ0) is 16.7. The average Bonchev–Trinajstić information content (AvgIpc) is 2.60. The third kappa shape index (κ3) is 4.26. The molecule has 0 bridgehead atoms. The predicted octanol–water partition coefficient (Wildman–Crippen LogP) is 1.68. The Labute approximate surface area is 137 Å². The molecule has 1 aliphatic rings. The van der Waals surface area contributed by atoms with E-state index in [-0.39, 0.29) is 17.9 Å². The van der Waals surface area contributed by atoms with Crippen LogP contribution >= 0.6 is 0 Å². The van der Waals surface area contributed by atoms with Gasteiger partial charge in [-0.1, -0.05) is 13.3 Å². The van der Waals surface area contributed by atoms with Crippen molar-refractivity contribution in [2.75, 3.05) is 33.4 Å². The number of aliphatic hydroxyl groups is 1. The molecule has 2 heterocycles.